The van der Waals surface area contributed by atoms with Gasteiger partial charge in [0, 0.05) is 12.1 Å². The number of thiocarbonyl (C=S) groups is 2. The number of hydrogen-bond donors (Lipinski definition) is 4. The highest BCUT2D eigenvalue weighted by Crippen LogP contribution is 2.19. The second-order valence-corrected chi connectivity index (χ2v) is 6.03. The van der Waals surface area contributed by atoms with Gasteiger partial charge in [0.2, 0.25) is 0 Å². The van der Waals surface area contributed by atoms with Gasteiger partial charge in [0.15, 0.2) is 8.64 Å². The van der Waals surface area contributed by atoms with Gasteiger partial charge in [-0.2, -0.15) is 10.2 Å². The van der Waals surface area contributed by atoms with Gasteiger partial charge in [0.05, 0.1) is 36.5 Å². The Kier molecular flexibility index (Phi) is 5.60. The molecule has 0 fully saturated rings. The quantitative estimate of drug-likeness (QED) is 0.498. The summed E-state index contributed by atoms with van der Waals surface area (Å²) in [6, 6.07) is 3.51. The van der Waals surface area contributed by atoms with Crippen molar-refractivity contribution in [1.82, 2.24) is 20.4 Å². The van der Waals surface area contributed by atoms with Gasteiger partial charge in [0.25, 0.3) is 0 Å². The van der Waals surface area contributed by atoms with E-state index in [1.165, 1.54) is 0 Å². The average Bonchev–Trinajstić information content (AvgIpc) is 3.02. The molecule has 0 bridgehead atoms. The zero-order valence-corrected chi connectivity index (χ0v) is 12.5. The maximum absolute atomic E-state index is 5.21. The molecule has 2 aromatic heterocycles. The Morgan fingerprint density at radius 3 is 1.84 bits per heavy atom. The molecule has 0 aliphatic heterocycles. The van der Waals surface area contributed by atoms with Gasteiger partial charge in [-0.15, -0.1) is 0 Å². The molecule has 11 heteroatoms. The highest BCUT2D eigenvalue weighted by Gasteiger charge is 2.04. The highest BCUT2D eigenvalue weighted by molar-refractivity contribution is 8.29. The number of H-pyrrole nitrogens is 2. The Morgan fingerprint density at radius 1 is 1.00 bits per heavy atom. The van der Waals surface area contributed by atoms with Crippen molar-refractivity contribution >= 4 is 68.8 Å². The SMILES string of the molecule is S=C(Nc1ccn[nH]1)SOSC(=S)Nc1ccn[nH]1. The number of nitrogens with one attached hydrogen (secondary N) is 4. The maximum atomic E-state index is 5.21. The van der Waals surface area contributed by atoms with Crippen LogP contribution in [0.1, 0.15) is 0 Å². The normalized spacial score (nSPS) is 10.1. The predicted octanol–water partition coefficient (Wildman–Crippen LogP) is 2.54. The molecule has 2 heterocycles. The van der Waals surface area contributed by atoms with E-state index in [0.29, 0.717) is 20.3 Å². The number of aromatic amines is 2. The summed E-state index contributed by atoms with van der Waals surface area (Å²) in [5, 5.41) is 18.8. The van der Waals surface area contributed by atoms with E-state index in [1.807, 2.05) is 0 Å². The van der Waals surface area contributed by atoms with E-state index < -0.39 is 0 Å². The first-order chi connectivity index (χ1) is 9.24. The van der Waals surface area contributed by atoms with Crippen LogP contribution in [0.5, 0.6) is 0 Å². The Morgan fingerprint density at radius 2 is 1.47 bits per heavy atom. The minimum absolute atomic E-state index is 0.445. The lowest BCUT2D eigenvalue weighted by molar-refractivity contribution is 0.779. The molecule has 100 valence electrons. The van der Waals surface area contributed by atoms with E-state index in [1.54, 1.807) is 24.5 Å². The van der Waals surface area contributed by atoms with Gasteiger partial charge < -0.3 is 10.6 Å². The van der Waals surface area contributed by atoms with Gasteiger partial charge in [-0.25, -0.2) is 3.63 Å². The molecule has 2 rings (SSSR count). The fraction of sp³-hybridized carbons (Fsp3) is 0. The van der Waals surface area contributed by atoms with Crippen molar-refractivity contribution < 1.29 is 3.63 Å². The van der Waals surface area contributed by atoms with Crippen LogP contribution < -0.4 is 10.6 Å². The number of hydrogen-bond acceptors (Lipinski definition) is 7. The maximum Gasteiger partial charge on any atom is 0.168 e. The number of aromatic nitrogens is 4. The van der Waals surface area contributed by atoms with Crippen LogP contribution in [0.15, 0.2) is 24.5 Å². The van der Waals surface area contributed by atoms with Gasteiger partial charge in [0.1, 0.15) is 11.6 Å². The van der Waals surface area contributed by atoms with Gasteiger partial charge in [-0.05, 0) is 0 Å². The van der Waals surface area contributed by atoms with Crippen LogP contribution in [-0.4, -0.2) is 29.0 Å². The van der Waals surface area contributed by atoms with Crippen LogP contribution >= 0.6 is 48.5 Å². The Bertz CT molecular complexity index is 479. The number of nitrogens with zero attached hydrogens (tertiary/aromatic N) is 2. The molecule has 0 atom stereocenters. The molecular formula is C8H8N6OS4. The number of anilines is 2. The lowest BCUT2D eigenvalue weighted by Gasteiger charge is -2.05. The van der Waals surface area contributed by atoms with Crippen molar-refractivity contribution in [2.75, 3.05) is 10.6 Å². The van der Waals surface area contributed by atoms with Crippen LogP contribution in [0.25, 0.3) is 0 Å². The minimum atomic E-state index is 0.445. The fourth-order valence-electron chi connectivity index (χ4n) is 0.991. The van der Waals surface area contributed by atoms with Crippen LogP contribution in [0.4, 0.5) is 11.6 Å². The molecule has 0 aliphatic rings. The summed E-state index contributed by atoms with van der Waals surface area (Å²) < 4.78 is 6.10. The van der Waals surface area contributed by atoms with Crippen LogP contribution in [0, 0.1) is 0 Å². The first-order valence-corrected chi connectivity index (χ1v) is 7.16. The second-order valence-electron chi connectivity index (χ2n) is 3.00. The summed E-state index contributed by atoms with van der Waals surface area (Å²) in [4.78, 5) is 0. The van der Waals surface area contributed by atoms with E-state index in [-0.39, 0.29) is 0 Å². The Hall–Kier alpha value is -1.14. The monoisotopic (exact) mass is 332 g/mol. The van der Waals surface area contributed by atoms with Gasteiger partial charge in [-0.1, -0.05) is 24.4 Å². The Labute approximate surface area is 128 Å². The zero-order chi connectivity index (χ0) is 13.5. The van der Waals surface area contributed by atoms with E-state index in [4.69, 9.17) is 28.1 Å². The van der Waals surface area contributed by atoms with E-state index in [0.717, 1.165) is 24.1 Å². The van der Waals surface area contributed by atoms with Crippen molar-refractivity contribution in [3.05, 3.63) is 24.5 Å². The van der Waals surface area contributed by atoms with Crippen molar-refractivity contribution in [2.24, 2.45) is 0 Å². The summed E-state index contributed by atoms with van der Waals surface area (Å²) in [5.41, 5.74) is 0. The lowest BCUT2D eigenvalue weighted by atomic mass is 10.6. The fourth-order valence-corrected chi connectivity index (χ4v) is 2.65. The first kappa shape index (κ1) is 14.3. The molecule has 4 N–H and O–H groups in total. The molecule has 0 radical (unpaired) electrons. The third-order valence-corrected chi connectivity index (χ3v) is 3.36. The zero-order valence-electron chi connectivity index (χ0n) is 9.25. The molecule has 0 spiro atoms. The first-order valence-electron chi connectivity index (χ1n) is 4.86. The number of rotatable bonds is 4. The lowest BCUT2D eigenvalue weighted by Crippen LogP contribution is -2.07. The average molecular weight is 332 g/mol. The molecule has 0 amide bonds. The van der Waals surface area contributed by atoms with Gasteiger partial charge >= 0.3 is 0 Å². The van der Waals surface area contributed by atoms with Crippen LogP contribution in [0.2, 0.25) is 0 Å². The summed E-state index contributed by atoms with van der Waals surface area (Å²) in [6.07, 6.45) is 3.24. The molecule has 0 saturated carbocycles. The highest BCUT2D eigenvalue weighted by atomic mass is 32.2. The molecule has 19 heavy (non-hydrogen) atoms. The van der Waals surface area contributed by atoms with E-state index in [9.17, 15) is 0 Å². The third-order valence-electron chi connectivity index (χ3n) is 1.69. The third kappa shape index (κ3) is 5.16. The largest absolute Gasteiger partial charge is 0.324 e. The molecule has 0 unspecified atom stereocenters. The standard InChI is InChI=1S/C8H8N6OS4/c16-7(11-5-1-3-9-13-5)18-15-19-8(17)12-6-2-4-10-14-6/h1-4H,(H2,9,11,13,16)(H2,10,12,14,17). The minimum Gasteiger partial charge on any atom is -0.324 e. The van der Waals surface area contributed by atoms with Crippen molar-refractivity contribution in [3.63, 3.8) is 0 Å². The molecule has 0 aromatic carbocycles. The molecular weight excluding hydrogens is 324 g/mol. The van der Waals surface area contributed by atoms with Gasteiger partial charge in [-0.3, -0.25) is 10.2 Å². The van der Waals surface area contributed by atoms with E-state index >= 15 is 0 Å². The molecule has 7 nitrogen and oxygen atoms in total. The predicted molar refractivity (Wildman–Crippen MR) is 85.9 cm³/mol. The smallest absolute Gasteiger partial charge is 0.168 e. The molecule has 2 aromatic rings. The summed E-state index contributed by atoms with van der Waals surface area (Å²) >= 11 is 12.1. The molecule has 0 saturated heterocycles. The second kappa shape index (κ2) is 7.45. The van der Waals surface area contributed by atoms with Crippen LogP contribution in [0.3, 0.4) is 0 Å². The van der Waals surface area contributed by atoms with E-state index in [2.05, 4.69) is 31.0 Å². The summed E-state index contributed by atoms with van der Waals surface area (Å²) in [7, 11) is 0. The van der Waals surface area contributed by atoms with Crippen molar-refractivity contribution in [1.29, 1.82) is 0 Å². The van der Waals surface area contributed by atoms with Crippen LogP contribution in [-0.2, 0) is 3.63 Å². The summed E-state index contributed by atoms with van der Waals surface area (Å²) in [6.45, 7) is 0. The topological polar surface area (TPSA) is 90.7 Å². The van der Waals surface area contributed by atoms with Crippen molar-refractivity contribution in [3.8, 4) is 0 Å². The summed E-state index contributed by atoms with van der Waals surface area (Å²) in [5.74, 6) is 1.40. The molecule has 0 aliphatic carbocycles. The Balaban J connectivity index is 1.63. The van der Waals surface area contributed by atoms with Crippen molar-refractivity contribution in [2.45, 2.75) is 0 Å².